The summed E-state index contributed by atoms with van der Waals surface area (Å²) in [5.41, 5.74) is -0.150. The molecule has 0 radical (unpaired) electrons. The maximum atomic E-state index is 13.5. The van der Waals surface area contributed by atoms with Crippen molar-refractivity contribution in [1.29, 1.82) is 0 Å². The summed E-state index contributed by atoms with van der Waals surface area (Å²) in [6.45, 7) is 0. The summed E-state index contributed by atoms with van der Waals surface area (Å²) < 4.78 is 32.0. The van der Waals surface area contributed by atoms with Gasteiger partial charge >= 0.3 is 5.97 Å². The monoisotopic (exact) mass is 363 g/mol. The van der Waals surface area contributed by atoms with Crippen molar-refractivity contribution in [1.82, 2.24) is 4.98 Å². The van der Waals surface area contributed by atoms with Gasteiger partial charge in [0.1, 0.15) is 5.02 Å². The van der Waals surface area contributed by atoms with Crippen LogP contribution in [0.2, 0.25) is 5.02 Å². The Morgan fingerprint density at radius 3 is 2.65 bits per heavy atom. The highest BCUT2D eigenvalue weighted by atomic mass is 79.9. The van der Waals surface area contributed by atoms with Crippen LogP contribution in [0.25, 0.3) is 0 Å². The van der Waals surface area contributed by atoms with E-state index in [1.54, 1.807) is 0 Å². The number of carboxylic acids is 1. The van der Waals surface area contributed by atoms with Crippen molar-refractivity contribution in [3.63, 3.8) is 0 Å². The first-order valence-electron chi connectivity index (χ1n) is 5.09. The van der Waals surface area contributed by atoms with Crippen molar-refractivity contribution in [2.24, 2.45) is 0 Å². The van der Waals surface area contributed by atoms with Crippen LogP contribution in [-0.4, -0.2) is 16.1 Å². The van der Waals surface area contributed by atoms with Gasteiger partial charge in [-0.05, 0) is 18.2 Å². The number of pyridine rings is 1. The van der Waals surface area contributed by atoms with Crippen LogP contribution in [-0.2, 0) is 0 Å². The van der Waals surface area contributed by atoms with Crippen LogP contribution in [0, 0.1) is 11.6 Å². The molecule has 0 aliphatic carbocycles. The molecule has 4 nitrogen and oxygen atoms in total. The summed E-state index contributed by atoms with van der Waals surface area (Å²) in [5.74, 6) is -4.17. The Morgan fingerprint density at radius 2 is 2.05 bits per heavy atom. The normalized spacial score (nSPS) is 10.4. The zero-order valence-electron chi connectivity index (χ0n) is 9.53. The third kappa shape index (κ3) is 3.05. The van der Waals surface area contributed by atoms with Gasteiger partial charge in [0.05, 0.1) is 5.56 Å². The molecule has 0 saturated heterocycles. The van der Waals surface area contributed by atoms with E-state index in [9.17, 15) is 13.6 Å². The Bertz CT molecular complexity index is 697. The second-order valence-electron chi connectivity index (χ2n) is 3.62. The van der Waals surface area contributed by atoms with Gasteiger partial charge in [-0.3, -0.25) is 0 Å². The fourth-order valence-corrected chi connectivity index (χ4v) is 1.94. The number of benzene rings is 1. The van der Waals surface area contributed by atoms with E-state index < -0.39 is 23.4 Å². The molecule has 2 rings (SSSR count). The average Bonchev–Trinajstić information content (AvgIpc) is 2.37. The number of aromatic nitrogens is 1. The first kappa shape index (κ1) is 14.7. The largest absolute Gasteiger partial charge is 0.478 e. The maximum Gasteiger partial charge on any atom is 0.337 e. The number of hydrogen-bond acceptors (Lipinski definition) is 3. The molecule has 1 N–H and O–H groups in total. The van der Waals surface area contributed by atoms with Gasteiger partial charge in [-0.15, -0.1) is 0 Å². The highest BCUT2D eigenvalue weighted by molar-refractivity contribution is 9.10. The van der Waals surface area contributed by atoms with E-state index in [0.29, 0.717) is 0 Å². The second kappa shape index (κ2) is 5.72. The van der Waals surface area contributed by atoms with Crippen LogP contribution in [0.1, 0.15) is 10.4 Å². The number of ether oxygens (including phenoxy) is 1. The van der Waals surface area contributed by atoms with Crippen LogP contribution in [0.15, 0.2) is 28.9 Å². The van der Waals surface area contributed by atoms with Crippen molar-refractivity contribution >= 4 is 33.5 Å². The minimum absolute atomic E-state index is 0.135. The molecular weight excluding hydrogens is 359 g/mol. The molecular formula is C12H5BrClF2NO3. The number of hydrogen-bond donors (Lipinski definition) is 1. The molecule has 0 bridgehead atoms. The van der Waals surface area contributed by atoms with Crippen molar-refractivity contribution in [3.05, 3.63) is 51.1 Å². The van der Waals surface area contributed by atoms with E-state index in [1.165, 1.54) is 6.07 Å². The van der Waals surface area contributed by atoms with E-state index in [0.717, 1.165) is 18.3 Å². The zero-order chi connectivity index (χ0) is 14.9. The van der Waals surface area contributed by atoms with Gasteiger partial charge in [0.25, 0.3) is 0 Å². The molecule has 0 atom stereocenters. The van der Waals surface area contributed by atoms with Gasteiger partial charge < -0.3 is 9.84 Å². The minimum Gasteiger partial charge on any atom is -0.478 e. The summed E-state index contributed by atoms with van der Waals surface area (Å²) in [7, 11) is 0. The Balaban J connectivity index is 2.38. The first-order chi connectivity index (χ1) is 9.38. The highest BCUT2D eigenvalue weighted by Gasteiger charge is 2.15. The summed E-state index contributed by atoms with van der Waals surface area (Å²) in [6, 6.07) is 3.23. The van der Waals surface area contributed by atoms with Gasteiger partial charge in [-0.1, -0.05) is 27.5 Å². The summed E-state index contributed by atoms with van der Waals surface area (Å²) in [4.78, 5) is 14.4. The molecule has 0 unspecified atom stereocenters. The molecule has 1 aromatic heterocycles. The molecule has 0 amide bonds. The molecule has 0 aliphatic heterocycles. The summed E-state index contributed by atoms with van der Waals surface area (Å²) in [6.07, 6.45) is 0.996. The molecule has 2 aromatic rings. The molecule has 8 heteroatoms. The Labute approximate surface area is 125 Å². The quantitative estimate of drug-likeness (QED) is 0.827. The van der Waals surface area contributed by atoms with Crippen molar-refractivity contribution in [2.45, 2.75) is 0 Å². The van der Waals surface area contributed by atoms with E-state index in [1.807, 2.05) is 0 Å². The topological polar surface area (TPSA) is 59.4 Å². The lowest BCUT2D eigenvalue weighted by atomic mass is 10.3. The molecule has 104 valence electrons. The lowest BCUT2D eigenvalue weighted by molar-refractivity contribution is 0.0696. The smallest absolute Gasteiger partial charge is 0.337 e. The van der Waals surface area contributed by atoms with Gasteiger partial charge in [-0.2, -0.15) is 4.39 Å². The fraction of sp³-hybridized carbons (Fsp3) is 0. The number of nitrogens with zero attached hydrogens (tertiary/aromatic N) is 1. The predicted octanol–water partition coefficient (Wildman–Crippen LogP) is 4.27. The molecule has 0 fully saturated rings. The zero-order valence-corrected chi connectivity index (χ0v) is 11.9. The summed E-state index contributed by atoms with van der Waals surface area (Å²) >= 11 is 8.77. The third-order valence-corrected chi connectivity index (χ3v) is 2.95. The van der Waals surface area contributed by atoms with Gasteiger partial charge in [0, 0.05) is 10.7 Å². The molecule has 0 aliphatic rings. The van der Waals surface area contributed by atoms with E-state index in [4.69, 9.17) is 21.4 Å². The van der Waals surface area contributed by atoms with Gasteiger partial charge in [0.2, 0.25) is 11.7 Å². The molecule has 0 spiro atoms. The van der Waals surface area contributed by atoms with Crippen LogP contribution >= 0.6 is 27.5 Å². The number of carbonyl (C=O) groups is 1. The highest BCUT2D eigenvalue weighted by Crippen LogP contribution is 2.32. The number of rotatable bonds is 3. The number of halogens is 4. The Kier molecular flexibility index (Phi) is 4.20. The predicted molar refractivity (Wildman–Crippen MR) is 70.3 cm³/mol. The van der Waals surface area contributed by atoms with Crippen molar-refractivity contribution in [3.8, 4) is 11.6 Å². The van der Waals surface area contributed by atoms with Gasteiger partial charge in [0.15, 0.2) is 11.6 Å². The van der Waals surface area contributed by atoms with Crippen molar-refractivity contribution in [2.75, 3.05) is 0 Å². The molecule has 20 heavy (non-hydrogen) atoms. The first-order valence-corrected chi connectivity index (χ1v) is 6.27. The van der Waals surface area contributed by atoms with E-state index in [-0.39, 0.29) is 20.9 Å². The van der Waals surface area contributed by atoms with Gasteiger partial charge in [-0.25, -0.2) is 14.2 Å². The third-order valence-electron chi connectivity index (χ3n) is 2.22. The standard InChI is InChI=1S/C12H5BrClF2NO3/c13-6-2-8(15)10(16)9(3-6)20-11-7(14)1-5(4-17-11)12(18)19/h1-4H,(H,18,19). The number of carboxylic acid groups (broad SMARTS) is 1. The minimum atomic E-state index is -1.22. The lowest BCUT2D eigenvalue weighted by Crippen LogP contribution is -1.99. The summed E-state index contributed by atoms with van der Waals surface area (Å²) in [5, 5.41) is 8.62. The maximum absolute atomic E-state index is 13.5. The Morgan fingerprint density at radius 1 is 1.35 bits per heavy atom. The van der Waals surface area contributed by atoms with Crippen LogP contribution < -0.4 is 4.74 Å². The fourth-order valence-electron chi connectivity index (χ4n) is 1.33. The van der Waals surface area contributed by atoms with Crippen molar-refractivity contribution < 1.29 is 23.4 Å². The van der Waals surface area contributed by atoms with Crippen LogP contribution in [0.4, 0.5) is 8.78 Å². The van der Waals surface area contributed by atoms with E-state index >= 15 is 0 Å². The molecule has 0 saturated carbocycles. The van der Waals surface area contributed by atoms with Crippen LogP contribution in [0.5, 0.6) is 11.6 Å². The SMILES string of the molecule is O=C(O)c1cnc(Oc2cc(Br)cc(F)c2F)c(Cl)c1. The van der Waals surface area contributed by atoms with Crippen LogP contribution in [0.3, 0.4) is 0 Å². The average molecular weight is 365 g/mol. The molecule has 1 heterocycles. The Hall–Kier alpha value is -1.73. The molecule has 1 aromatic carbocycles. The second-order valence-corrected chi connectivity index (χ2v) is 4.94. The number of aromatic carboxylic acids is 1. The lowest BCUT2D eigenvalue weighted by Gasteiger charge is -2.08. The van der Waals surface area contributed by atoms with E-state index in [2.05, 4.69) is 20.9 Å².